The fourth-order valence-electron chi connectivity index (χ4n) is 3.91. The van der Waals surface area contributed by atoms with E-state index in [0.717, 1.165) is 47.5 Å². The minimum Gasteiger partial charge on any atom is -0.494 e. The molecule has 4 rings (SSSR count). The molecular formula is C24H23NO5. The second-order valence-electron chi connectivity index (χ2n) is 7.34. The maximum atomic E-state index is 12.6. The highest BCUT2D eigenvalue weighted by molar-refractivity contribution is 6.05. The van der Waals surface area contributed by atoms with E-state index in [1.807, 2.05) is 42.2 Å². The molecular weight excluding hydrogens is 382 g/mol. The lowest BCUT2D eigenvalue weighted by Crippen LogP contribution is -2.31. The first-order chi connectivity index (χ1) is 14.5. The number of carbonyl (C=O) groups is 3. The Morgan fingerprint density at radius 1 is 1.13 bits per heavy atom. The number of benzene rings is 2. The van der Waals surface area contributed by atoms with Crippen LogP contribution in [0.2, 0.25) is 0 Å². The van der Waals surface area contributed by atoms with Crippen molar-refractivity contribution < 1.29 is 23.9 Å². The van der Waals surface area contributed by atoms with Crippen LogP contribution in [0.4, 0.5) is 5.69 Å². The maximum absolute atomic E-state index is 12.6. The Hall–Kier alpha value is -3.41. The molecule has 0 atom stereocenters. The molecule has 30 heavy (non-hydrogen) atoms. The first kappa shape index (κ1) is 19.9. The highest BCUT2D eigenvalue weighted by Crippen LogP contribution is 2.37. The van der Waals surface area contributed by atoms with Crippen LogP contribution in [0, 0.1) is 0 Å². The second kappa shape index (κ2) is 8.53. The maximum Gasteiger partial charge on any atom is 0.331 e. The Kier molecular flexibility index (Phi) is 5.65. The third kappa shape index (κ3) is 4.13. The molecule has 0 unspecified atom stereocenters. The normalized spacial score (nSPS) is 14.7. The van der Waals surface area contributed by atoms with Crippen molar-refractivity contribution in [3.05, 3.63) is 64.7 Å². The zero-order valence-corrected chi connectivity index (χ0v) is 16.8. The first-order valence-corrected chi connectivity index (χ1v) is 10.1. The fraction of sp³-hybridized carbons (Fsp3) is 0.292. The molecule has 0 saturated heterocycles. The molecule has 0 saturated carbocycles. The standard InChI is InChI=1S/C24H23NO5/c1-2-29-20-8-5-16(6-9-20)7-10-23(28)30-15-21(26)18-12-17-4-3-11-25-22(27)14-19(13-18)24(17)25/h5-10,12-13H,2-4,11,14-15H2,1H3/b10-7-. The van der Waals surface area contributed by atoms with Crippen molar-refractivity contribution in [1.29, 1.82) is 0 Å². The summed E-state index contributed by atoms with van der Waals surface area (Å²) in [5.41, 5.74) is 4.20. The molecule has 0 bridgehead atoms. The zero-order chi connectivity index (χ0) is 21.1. The van der Waals surface area contributed by atoms with Gasteiger partial charge in [-0.1, -0.05) is 12.1 Å². The number of ether oxygens (including phenoxy) is 2. The summed E-state index contributed by atoms with van der Waals surface area (Å²) in [7, 11) is 0. The van der Waals surface area contributed by atoms with E-state index >= 15 is 0 Å². The summed E-state index contributed by atoms with van der Waals surface area (Å²) in [6.07, 6.45) is 4.99. The van der Waals surface area contributed by atoms with E-state index in [1.54, 1.807) is 12.1 Å². The van der Waals surface area contributed by atoms with Crippen LogP contribution in [-0.2, 0) is 27.2 Å². The van der Waals surface area contributed by atoms with Crippen LogP contribution in [0.5, 0.6) is 5.75 Å². The Morgan fingerprint density at radius 2 is 1.90 bits per heavy atom. The monoisotopic (exact) mass is 405 g/mol. The minimum atomic E-state index is -0.582. The van der Waals surface area contributed by atoms with Gasteiger partial charge in [0.15, 0.2) is 12.4 Å². The number of carbonyl (C=O) groups excluding carboxylic acids is 3. The van der Waals surface area contributed by atoms with Crippen molar-refractivity contribution in [2.75, 3.05) is 24.7 Å². The van der Waals surface area contributed by atoms with Gasteiger partial charge in [0.05, 0.1) is 18.7 Å². The fourth-order valence-corrected chi connectivity index (χ4v) is 3.91. The van der Waals surface area contributed by atoms with Gasteiger partial charge in [0.25, 0.3) is 0 Å². The summed E-state index contributed by atoms with van der Waals surface area (Å²) in [6.45, 7) is 2.92. The molecule has 0 radical (unpaired) electrons. The van der Waals surface area contributed by atoms with Gasteiger partial charge in [-0.15, -0.1) is 0 Å². The third-order valence-electron chi connectivity index (χ3n) is 5.28. The topological polar surface area (TPSA) is 72.9 Å². The number of esters is 1. The molecule has 0 N–H and O–H groups in total. The van der Waals surface area contributed by atoms with Crippen molar-refractivity contribution in [2.45, 2.75) is 26.2 Å². The molecule has 2 aliphatic rings. The summed E-state index contributed by atoms with van der Waals surface area (Å²) >= 11 is 0. The van der Waals surface area contributed by atoms with Crippen LogP contribution in [0.15, 0.2) is 42.5 Å². The van der Waals surface area contributed by atoms with Gasteiger partial charge in [-0.2, -0.15) is 0 Å². The molecule has 2 heterocycles. The predicted molar refractivity (Wildman–Crippen MR) is 113 cm³/mol. The Morgan fingerprint density at radius 3 is 2.67 bits per heavy atom. The van der Waals surface area contributed by atoms with E-state index in [4.69, 9.17) is 9.47 Å². The number of rotatable bonds is 7. The molecule has 6 heteroatoms. The second-order valence-corrected chi connectivity index (χ2v) is 7.34. The van der Waals surface area contributed by atoms with Crippen LogP contribution in [0.3, 0.4) is 0 Å². The van der Waals surface area contributed by atoms with Gasteiger partial charge >= 0.3 is 5.97 Å². The molecule has 2 aromatic rings. The Labute approximate surface area is 175 Å². The van der Waals surface area contributed by atoms with Crippen molar-refractivity contribution in [2.24, 2.45) is 0 Å². The van der Waals surface area contributed by atoms with Crippen LogP contribution >= 0.6 is 0 Å². The molecule has 2 aliphatic heterocycles. The third-order valence-corrected chi connectivity index (χ3v) is 5.28. The largest absolute Gasteiger partial charge is 0.494 e. The number of nitrogens with zero attached hydrogens (tertiary/aromatic N) is 1. The molecule has 154 valence electrons. The number of hydrogen-bond acceptors (Lipinski definition) is 5. The smallest absolute Gasteiger partial charge is 0.331 e. The molecule has 0 fully saturated rings. The molecule has 1 amide bonds. The van der Waals surface area contributed by atoms with Gasteiger partial charge in [-0.05, 0) is 66.8 Å². The van der Waals surface area contributed by atoms with E-state index in [2.05, 4.69) is 0 Å². The van der Waals surface area contributed by atoms with Gasteiger partial charge in [-0.3, -0.25) is 9.59 Å². The number of Topliss-reactive ketones (excluding diaryl/α,β-unsaturated/α-hetero) is 1. The van der Waals surface area contributed by atoms with E-state index < -0.39 is 5.97 Å². The first-order valence-electron chi connectivity index (χ1n) is 10.1. The lowest BCUT2D eigenvalue weighted by Gasteiger charge is -2.25. The molecule has 0 aliphatic carbocycles. The van der Waals surface area contributed by atoms with Gasteiger partial charge in [-0.25, -0.2) is 4.79 Å². The summed E-state index contributed by atoms with van der Waals surface area (Å²) in [6, 6.07) is 10.9. The molecule has 6 nitrogen and oxygen atoms in total. The summed E-state index contributed by atoms with van der Waals surface area (Å²) in [5.74, 6) is -0.00292. The SMILES string of the molecule is CCOc1ccc(/C=C\C(=O)OCC(=O)c2cc3c4c(c2)CC(=O)N4CCC3)cc1. The van der Waals surface area contributed by atoms with Crippen LogP contribution in [0.1, 0.15) is 40.4 Å². The molecule has 2 aromatic carbocycles. The van der Waals surface area contributed by atoms with E-state index in [-0.39, 0.29) is 18.3 Å². The highest BCUT2D eigenvalue weighted by atomic mass is 16.5. The van der Waals surface area contributed by atoms with E-state index in [9.17, 15) is 14.4 Å². The molecule has 0 aromatic heterocycles. The number of anilines is 1. The zero-order valence-electron chi connectivity index (χ0n) is 16.8. The number of aryl methyl sites for hydroxylation is 1. The highest BCUT2D eigenvalue weighted by Gasteiger charge is 2.32. The van der Waals surface area contributed by atoms with Gasteiger partial charge in [0.2, 0.25) is 5.91 Å². The van der Waals surface area contributed by atoms with Crippen LogP contribution < -0.4 is 9.64 Å². The number of hydrogen-bond donors (Lipinski definition) is 0. The minimum absolute atomic E-state index is 0.0846. The summed E-state index contributed by atoms with van der Waals surface area (Å²) < 4.78 is 10.5. The van der Waals surface area contributed by atoms with E-state index in [0.29, 0.717) is 18.6 Å². The van der Waals surface area contributed by atoms with Gasteiger partial charge in [0, 0.05) is 18.2 Å². The molecule has 0 spiro atoms. The van der Waals surface area contributed by atoms with Gasteiger partial charge in [0.1, 0.15) is 5.75 Å². The average molecular weight is 405 g/mol. The lowest BCUT2D eigenvalue weighted by molar-refractivity contribution is -0.136. The summed E-state index contributed by atoms with van der Waals surface area (Å²) in [4.78, 5) is 38.5. The predicted octanol–water partition coefficient (Wildman–Crippen LogP) is 3.36. The van der Waals surface area contributed by atoms with Crippen molar-refractivity contribution in [1.82, 2.24) is 0 Å². The quantitative estimate of drug-likeness (QED) is 0.401. The van der Waals surface area contributed by atoms with E-state index in [1.165, 1.54) is 6.08 Å². The Bertz CT molecular complexity index is 1020. The van der Waals surface area contributed by atoms with Crippen LogP contribution in [-0.4, -0.2) is 37.4 Å². The summed E-state index contributed by atoms with van der Waals surface area (Å²) in [5, 5.41) is 0. The lowest BCUT2D eigenvalue weighted by atomic mass is 9.95. The van der Waals surface area contributed by atoms with Crippen molar-refractivity contribution in [3.8, 4) is 5.75 Å². The Balaban J connectivity index is 1.36. The number of ketones is 1. The number of amides is 1. The van der Waals surface area contributed by atoms with Crippen molar-refractivity contribution >= 4 is 29.4 Å². The van der Waals surface area contributed by atoms with Crippen molar-refractivity contribution in [3.63, 3.8) is 0 Å². The van der Waals surface area contributed by atoms with Crippen LogP contribution in [0.25, 0.3) is 6.08 Å². The average Bonchev–Trinajstić information content (AvgIpc) is 3.08. The van der Waals surface area contributed by atoms with Gasteiger partial charge < -0.3 is 14.4 Å².